The monoisotopic (exact) mass is 448 g/mol. The first-order valence-electron chi connectivity index (χ1n) is 9.24. The summed E-state index contributed by atoms with van der Waals surface area (Å²) in [4.78, 5) is 16.0. The largest absolute Gasteiger partial charge is 0.477 e. The van der Waals surface area contributed by atoms with Crippen LogP contribution in [0.1, 0.15) is 5.56 Å². The Morgan fingerprint density at radius 1 is 1.22 bits per heavy atom. The summed E-state index contributed by atoms with van der Waals surface area (Å²) in [6.45, 7) is 0. The number of imidazole rings is 1. The van der Waals surface area contributed by atoms with Crippen molar-refractivity contribution in [3.8, 4) is 5.75 Å². The van der Waals surface area contributed by atoms with E-state index >= 15 is 0 Å². The van der Waals surface area contributed by atoms with Crippen molar-refractivity contribution in [1.82, 2.24) is 14.9 Å². The van der Waals surface area contributed by atoms with Crippen LogP contribution in [0.15, 0.2) is 60.8 Å². The molecule has 3 N–H and O–H groups in total. The smallest absolute Gasteiger partial charge is 0.416 e. The third-order valence-corrected chi connectivity index (χ3v) is 4.83. The van der Waals surface area contributed by atoms with E-state index in [1.807, 2.05) is 0 Å². The van der Waals surface area contributed by atoms with Crippen LogP contribution >= 0.6 is 0 Å². The number of ether oxygens (including phenoxy) is 1. The molecular formula is C21H16F4N4O3. The van der Waals surface area contributed by atoms with Gasteiger partial charge in [0.05, 0.1) is 22.3 Å². The Balaban J connectivity index is 1.66. The Bertz CT molecular complexity index is 1270. The van der Waals surface area contributed by atoms with Crippen molar-refractivity contribution in [2.75, 3.05) is 5.32 Å². The SMILES string of the molecule is Cn1c(Nc2cc(C(F)(F)F)ccc2F)nc2cc(OC3(C(=O)O)C=CC=CN3)ccc21. The maximum absolute atomic E-state index is 14.1. The van der Waals surface area contributed by atoms with Crippen LogP contribution < -0.4 is 15.4 Å². The molecule has 4 rings (SSSR count). The molecule has 3 aromatic rings. The van der Waals surface area contributed by atoms with Crippen LogP contribution in [0.3, 0.4) is 0 Å². The van der Waals surface area contributed by atoms with Gasteiger partial charge in [0.1, 0.15) is 11.6 Å². The number of carbonyl (C=O) groups is 1. The predicted molar refractivity (Wildman–Crippen MR) is 108 cm³/mol. The van der Waals surface area contributed by atoms with Crippen molar-refractivity contribution in [3.05, 3.63) is 72.2 Å². The molecule has 1 aromatic heterocycles. The lowest BCUT2D eigenvalue weighted by molar-refractivity contribution is -0.152. The van der Waals surface area contributed by atoms with Gasteiger partial charge in [-0.15, -0.1) is 0 Å². The second kappa shape index (κ2) is 7.59. The molecule has 1 aliphatic rings. The van der Waals surface area contributed by atoms with Crippen molar-refractivity contribution >= 4 is 28.6 Å². The molecule has 2 aromatic carbocycles. The van der Waals surface area contributed by atoms with Crippen LogP contribution in [0.4, 0.5) is 29.2 Å². The number of allylic oxidation sites excluding steroid dienone is 2. The standard InChI is InChI=1S/C21H16F4N4O3/c1-29-17-7-5-13(32-20(18(30)31)8-2-3-9-26-20)11-16(17)28-19(29)27-15-10-12(21(23,24)25)4-6-14(15)22/h2-11,26H,1H3,(H,27,28)(H,30,31). The highest BCUT2D eigenvalue weighted by Gasteiger charge is 2.38. The zero-order chi connectivity index (χ0) is 23.1. The molecule has 2 heterocycles. The number of fused-ring (bicyclic) bond motifs is 1. The third-order valence-electron chi connectivity index (χ3n) is 4.83. The van der Waals surface area contributed by atoms with Gasteiger partial charge < -0.3 is 25.0 Å². The van der Waals surface area contributed by atoms with Crippen molar-refractivity contribution in [2.45, 2.75) is 11.9 Å². The molecule has 32 heavy (non-hydrogen) atoms. The molecule has 11 heteroatoms. The topological polar surface area (TPSA) is 88.4 Å². The Kier molecular flexibility index (Phi) is 5.03. The number of aryl methyl sites for hydroxylation is 1. The van der Waals surface area contributed by atoms with E-state index in [0.717, 1.165) is 6.07 Å². The molecule has 0 bridgehead atoms. The van der Waals surface area contributed by atoms with Gasteiger partial charge in [0.25, 0.3) is 5.72 Å². The molecule has 1 unspecified atom stereocenters. The first-order chi connectivity index (χ1) is 15.1. The number of nitrogens with one attached hydrogen (secondary N) is 2. The molecule has 1 aliphatic heterocycles. The number of hydrogen-bond donors (Lipinski definition) is 3. The quantitative estimate of drug-likeness (QED) is 0.505. The van der Waals surface area contributed by atoms with E-state index < -0.39 is 29.3 Å². The number of nitrogens with zero attached hydrogens (tertiary/aromatic N) is 2. The fourth-order valence-electron chi connectivity index (χ4n) is 3.17. The maximum Gasteiger partial charge on any atom is 0.416 e. The number of rotatable bonds is 5. The second-order valence-electron chi connectivity index (χ2n) is 6.97. The van der Waals surface area contributed by atoms with Crippen LogP contribution in [0.5, 0.6) is 5.75 Å². The van der Waals surface area contributed by atoms with Crippen LogP contribution in [-0.4, -0.2) is 26.4 Å². The van der Waals surface area contributed by atoms with Gasteiger partial charge in [0.15, 0.2) is 0 Å². The van der Waals surface area contributed by atoms with Gasteiger partial charge in [0.2, 0.25) is 5.95 Å². The minimum Gasteiger partial charge on any atom is -0.477 e. The van der Waals surface area contributed by atoms with E-state index in [0.29, 0.717) is 23.2 Å². The number of benzene rings is 2. The molecule has 1 atom stereocenters. The summed E-state index contributed by atoms with van der Waals surface area (Å²) in [5.41, 5.74) is -2.28. The summed E-state index contributed by atoms with van der Waals surface area (Å²) in [5, 5.41) is 14.8. The lowest BCUT2D eigenvalue weighted by Gasteiger charge is -2.28. The van der Waals surface area contributed by atoms with Crippen molar-refractivity contribution in [2.24, 2.45) is 7.05 Å². The van der Waals surface area contributed by atoms with Gasteiger partial charge in [0, 0.05) is 19.3 Å². The maximum atomic E-state index is 14.1. The van der Waals surface area contributed by atoms with E-state index in [1.54, 1.807) is 19.2 Å². The van der Waals surface area contributed by atoms with Crippen LogP contribution in [-0.2, 0) is 18.0 Å². The predicted octanol–water partition coefficient (Wildman–Crippen LogP) is 4.31. The number of hydrogen-bond acceptors (Lipinski definition) is 5. The lowest BCUT2D eigenvalue weighted by Crippen LogP contribution is -2.53. The van der Waals surface area contributed by atoms with Gasteiger partial charge in [-0.25, -0.2) is 14.2 Å². The zero-order valence-corrected chi connectivity index (χ0v) is 16.4. The van der Waals surface area contributed by atoms with Crippen LogP contribution in [0, 0.1) is 5.82 Å². The molecule has 7 nitrogen and oxygen atoms in total. The van der Waals surface area contributed by atoms with Crippen molar-refractivity contribution in [1.29, 1.82) is 0 Å². The fraction of sp³-hybridized carbons (Fsp3) is 0.143. The number of aromatic nitrogens is 2. The second-order valence-corrected chi connectivity index (χ2v) is 6.97. The molecule has 0 spiro atoms. The highest BCUT2D eigenvalue weighted by Crippen LogP contribution is 2.33. The Labute approximate surface area is 178 Å². The molecule has 0 fully saturated rings. The fourth-order valence-corrected chi connectivity index (χ4v) is 3.17. The highest BCUT2D eigenvalue weighted by atomic mass is 19.4. The number of dihydropyridines is 1. The van der Waals surface area contributed by atoms with Crippen molar-refractivity contribution in [3.63, 3.8) is 0 Å². The summed E-state index contributed by atoms with van der Waals surface area (Å²) in [7, 11) is 1.60. The third kappa shape index (κ3) is 3.84. The minimum atomic E-state index is -4.63. The van der Waals surface area contributed by atoms with E-state index in [-0.39, 0.29) is 17.4 Å². The number of alkyl halides is 3. The average Bonchev–Trinajstić information content (AvgIpc) is 3.04. The Morgan fingerprint density at radius 3 is 2.66 bits per heavy atom. The van der Waals surface area contributed by atoms with E-state index in [9.17, 15) is 27.5 Å². The van der Waals surface area contributed by atoms with Gasteiger partial charge in [-0.1, -0.05) is 6.08 Å². The summed E-state index contributed by atoms with van der Waals surface area (Å²) in [6, 6.07) is 6.64. The molecule has 0 saturated heterocycles. The van der Waals surface area contributed by atoms with Gasteiger partial charge in [-0.2, -0.15) is 13.2 Å². The zero-order valence-electron chi connectivity index (χ0n) is 16.4. The summed E-state index contributed by atoms with van der Waals surface area (Å²) < 4.78 is 60.2. The molecule has 0 saturated carbocycles. The number of aliphatic carboxylic acids is 1. The summed E-state index contributed by atoms with van der Waals surface area (Å²) >= 11 is 0. The first-order valence-corrected chi connectivity index (χ1v) is 9.24. The molecule has 0 amide bonds. The van der Waals surface area contributed by atoms with Crippen LogP contribution in [0.25, 0.3) is 11.0 Å². The molecular weight excluding hydrogens is 432 g/mol. The Hall–Kier alpha value is -4.02. The molecule has 0 aliphatic carbocycles. The van der Waals surface area contributed by atoms with E-state index in [2.05, 4.69) is 15.6 Å². The summed E-state index contributed by atoms with van der Waals surface area (Å²) in [5.74, 6) is -1.87. The van der Waals surface area contributed by atoms with Gasteiger partial charge in [-0.3, -0.25) is 0 Å². The number of anilines is 2. The van der Waals surface area contributed by atoms with E-state index in [4.69, 9.17) is 4.74 Å². The van der Waals surface area contributed by atoms with Crippen molar-refractivity contribution < 1.29 is 32.2 Å². The Morgan fingerprint density at radius 2 is 2.00 bits per heavy atom. The number of carboxylic acids is 1. The van der Waals surface area contributed by atoms with Crippen LogP contribution in [0.2, 0.25) is 0 Å². The molecule has 166 valence electrons. The normalized spacial score (nSPS) is 17.9. The highest BCUT2D eigenvalue weighted by molar-refractivity contribution is 5.83. The summed E-state index contributed by atoms with van der Waals surface area (Å²) in [6.07, 6.45) is 1.27. The average molecular weight is 448 g/mol. The lowest BCUT2D eigenvalue weighted by atomic mass is 10.1. The number of carboxylic acid groups (broad SMARTS) is 1. The minimum absolute atomic E-state index is 0.0851. The van der Waals surface area contributed by atoms with E-state index in [1.165, 1.54) is 35.1 Å². The van der Waals surface area contributed by atoms with Gasteiger partial charge in [-0.05, 0) is 42.5 Å². The first kappa shape index (κ1) is 21.2. The van der Waals surface area contributed by atoms with Gasteiger partial charge >= 0.3 is 12.1 Å². The molecule has 0 radical (unpaired) electrons. The number of halogens is 4.